The van der Waals surface area contributed by atoms with Gasteiger partial charge in [-0.25, -0.2) is 4.98 Å². The van der Waals surface area contributed by atoms with E-state index in [4.69, 9.17) is 28.5 Å². The number of aromatic nitrogens is 4. The molecular weight excluding hydrogens is 755 g/mol. The van der Waals surface area contributed by atoms with Crippen LogP contribution >= 0.6 is 8.58 Å². The summed E-state index contributed by atoms with van der Waals surface area (Å²) in [6.07, 6.45) is 6.37. The van der Waals surface area contributed by atoms with Gasteiger partial charge >= 0.3 is 31.8 Å². The molecule has 0 fully saturated rings. The van der Waals surface area contributed by atoms with Gasteiger partial charge in [-0.3, -0.25) is 4.98 Å². The number of hydrogen-bond donors (Lipinski definition) is 2. The van der Waals surface area contributed by atoms with Crippen LogP contribution in [0.4, 0.5) is 0 Å². The third kappa shape index (κ3) is 6.36. The van der Waals surface area contributed by atoms with Crippen molar-refractivity contribution in [2.24, 2.45) is 0 Å². The first-order valence-electron chi connectivity index (χ1n) is 18.5. The van der Waals surface area contributed by atoms with Gasteiger partial charge in [0.05, 0.1) is 22.6 Å². The Kier molecular flexibility index (Phi) is 11.7. The summed E-state index contributed by atoms with van der Waals surface area (Å²) >= 11 is 0.822. The summed E-state index contributed by atoms with van der Waals surface area (Å²) in [6, 6.07) is 17.6. The Morgan fingerprint density at radius 1 is 0.745 bits per heavy atom. The van der Waals surface area contributed by atoms with Gasteiger partial charge in [-0.1, -0.05) is 92.4 Å². The number of nitrogens with zero attached hydrogens (tertiary/aromatic N) is 4. The molecule has 0 saturated carbocycles. The first kappa shape index (κ1) is 37.7. The molecule has 0 aliphatic carbocycles. The zero-order valence-electron chi connectivity index (χ0n) is 30.8. The van der Waals surface area contributed by atoms with E-state index in [1.807, 2.05) is 0 Å². The molecule has 6 nitrogen and oxygen atoms in total. The molecule has 5 heterocycles. The maximum atomic E-state index is 9.84. The normalized spacial score (nSPS) is 13.7. The Morgan fingerprint density at radius 3 is 2.10 bits per heavy atom. The molecule has 2 aromatic carbocycles. The summed E-state index contributed by atoms with van der Waals surface area (Å²) in [5, 5.41) is 23.2. The van der Waals surface area contributed by atoms with E-state index in [0.29, 0.717) is 12.8 Å². The van der Waals surface area contributed by atoms with E-state index in [0.717, 1.165) is 134 Å². The van der Waals surface area contributed by atoms with Gasteiger partial charge in [-0.15, -0.1) is 22.1 Å². The Morgan fingerprint density at radius 2 is 1.41 bits per heavy atom. The molecule has 8 bridgehead atoms. The van der Waals surface area contributed by atoms with Crippen molar-refractivity contribution in [1.29, 1.82) is 0 Å². The second-order valence-corrected chi connectivity index (χ2v) is 13.7. The predicted molar refractivity (Wildman–Crippen MR) is 215 cm³/mol. The standard InChI is InChI=1S/C43H48N4O2.ClH.In/c1-7-28-29(8-2)41-40-32-16-12-11-15-27(32)21-33-42(40)47-39(43(33,9-3)10-4)24-35-26(6)31(18-14-20-49)38(45-35)23-37-30(17-13-19-48)25(5)34(44-37)22-36(28)46-41;;/h11-12,15-16,21-24,48-49H,7-10,13-14,17-20H2,1-6H3;1H;/q-2;;+1/p-1. The molecule has 0 spiro atoms. The number of aliphatic hydroxyl groups excluding tert-OH is 2. The average Bonchev–Trinajstić information content (AvgIpc) is 3.84. The van der Waals surface area contributed by atoms with Crippen LogP contribution in [0.1, 0.15) is 112 Å². The van der Waals surface area contributed by atoms with E-state index >= 15 is 0 Å². The number of hydrogen-bond acceptors (Lipinski definition) is 4. The van der Waals surface area contributed by atoms with Crippen molar-refractivity contribution >= 4 is 86.7 Å². The molecular formula is C43H48ClInN4O2-2. The molecule has 0 saturated heterocycles. The van der Waals surface area contributed by atoms with Crippen molar-refractivity contribution in [3.63, 3.8) is 0 Å². The van der Waals surface area contributed by atoms with Crippen LogP contribution in [0, 0.1) is 6.92 Å². The van der Waals surface area contributed by atoms with Crippen molar-refractivity contribution in [2.45, 2.75) is 98.3 Å². The van der Waals surface area contributed by atoms with Gasteiger partial charge < -0.3 is 20.2 Å². The fourth-order valence-corrected chi connectivity index (χ4v) is 8.55. The van der Waals surface area contributed by atoms with Crippen molar-refractivity contribution in [2.75, 3.05) is 13.2 Å². The summed E-state index contributed by atoms with van der Waals surface area (Å²) in [4.78, 5) is 21.7. The molecule has 3 aromatic heterocycles. The average molecular weight is 803 g/mol. The number of aryl methyl sites for hydroxylation is 4. The first-order valence-corrected chi connectivity index (χ1v) is 22.6. The van der Waals surface area contributed by atoms with E-state index in [-0.39, 0.29) is 18.6 Å². The number of fused-ring (bicyclic) bond motifs is 10. The molecule has 264 valence electrons. The SMILES string of the molecule is CCc1c(CC)c2[n-]c1cc1nc(cc3[n-]c(cc4nc5c(cc6ccccc6c52)C4(CC)CC)c(C)c3CCCO)C(CCCO)=C1C.[Cl][In]. The number of halogens is 1. The van der Waals surface area contributed by atoms with E-state index in [2.05, 4.69) is 90.1 Å². The molecule has 0 amide bonds. The Labute approximate surface area is 320 Å². The van der Waals surface area contributed by atoms with Crippen LogP contribution in [0.2, 0.25) is 0 Å². The van der Waals surface area contributed by atoms with Crippen molar-refractivity contribution in [3.05, 3.63) is 93.4 Å². The number of allylic oxidation sites excluding steroid dienone is 2. The van der Waals surface area contributed by atoms with E-state index in [9.17, 15) is 10.2 Å². The number of aliphatic hydroxyl groups is 2. The zero-order valence-corrected chi connectivity index (χ0v) is 34.9. The van der Waals surface area contributed by atoms with Gasteiger partial charge in [0.25, 0.3) is 0 Å². The second kappa shape index (κ2) is 15.9. The van der Waals surface area contributed by atoms with Crippen molar-refractivity contribution in [3.8, 4) is 0 Å². The predicted octanol–water partition coefficient (Wildman–Crippen LogP) is 9.36. The van der Waals surface area contributed by atoms with E-state index < -0.39 is 0 Å². The monoisotopic (exact) mass is 802 g/mol. The molecule has 8 heteroatoms. The minimum atomic E-state index is -0.263. The summed E-state index contributed by atoms with van der Waals surface area (Å²) in [5.74, 6) is 0. The summed E-state index contributed by atoms with van der Waals surface area (Å²) in [7, 11) is 4.77. The molecule has 0 unspecified atom stereocenters. The Bertz CT molecular complexity index is 2300. The first-order chi connectivity index (χ1) is 24.8. The molecule has 5 aromatic rings. The fraction of sp³-hybridized carbons (Fsp3) is 0.395. The summed E-state index contributed by atoms with van der Waals surface area (Å²) < 4.78 is 0. The third-order valence-electron chi connectivity index (χ3n) is 11.4. The quantitative estimate of drug-likeness (QED) is 0.146. The van der Waals surface area contributed by atoms with E-state index in [1.165, 1.54) is 27.5 Å². The van der Waals surface area contributed by atoms with Gasteiger partial charge in [0.2, 0.25) is 0 Å². The van der Waals surface area contributed by atoms with Gasteiger partial charge in [0.15, 0.2) is 0 Å². The van der Waals surface area contributed by atoms with Crippen LogP contribution in [0.5, 0.6) is 0 Å². The van der Waals surface area contributed by atoms with Crippen LogP contribution in [0.15, 0.2) is 48.5 Å². The van der Waals surface area contributed by atoms with E-state index in [1.54, 1.807) is 0 Å². The van der Waals surface area contributed by atoms with Gasteiger partial charge in [0, 0.05) is 18.6 Å². The Balaban J connectivity index is 0.00000220. The van der Waals surface area contributed by atoms with Gasteiger partial charge in [-0.05, 0) is 104 Å². The number of rotatable bonds is 10. The topological polar surface area (TPSA) is 94.4 Å². The minimum absolute atomic E-state index is 0.124. The van der Waals surface area contributed by atoms with Gasteiger partial charge in [-0.2, -0.15) is 0 Å². The molecule has 2 aliphatic heterocycles. The van der Waals surface area contributed by atoms with Crippen LogP contribution in [0.3, 0.4) is 0 Å². The molecule has 7 rings (SSSR count). The van der Waals surface area contributed by atoms with Gasteiger partial charge in [0.1, 0.15) is 0 Å². The summed E-state index contributed by atoms with van der Waals surface area (Å²) in [5.41, 5.74) is 15.8. The third-order valence-corrected chi connectivity index (χ3v) is 11.4. The summed E-state index contributed by atoms with van der Waals surface area (Å²) in [6.45, 7) is 13.6. The second-order valence-electron chi connectivity index (χ2n) is 13.7. The van der Waals surface area contributed by atoms with Crippen LogP contribution in [0.25, 0.3) is 54.9 Å². The Hall–Kier alpha value is -3.10. The maximum absolute atomic E-state index is 9.84. The van der Waals surface area contributed by atoms with Crippen LogP contribution in [-0.4, -0.2) is 56.6 Å². The molecule has 2 radical (unpaired) electrons. The molecule has 2 N–H and O–H groups in total. The van der Waals surface area contributed by atoms with Crippen molar-refractivity contribution < 1.29 is 10.2 Å². The fourth-order valence-electron chi connectivity index (χ4n) is 8.55. The van der Waals surface area contributed by atoms with Crippen molar-refractivity contribution in [1.82, 2.24) is 19.9 Å². The van der Waals surface area contributed by atoms with Crippen LogP contribution in [-0.2, 0) is 24.7 Å². The molecule has 51 heavy (non-hydrogen) atoms. The molecule has 2 aliphatic rings. The molecule has 0 atom stereocenters. The van der Waals surface area contributed by atoms with Crippen LogP contribution < -0.4 is 9.97 Å². The zero-order chi connectivity index (χ0) is 36.4. The number of benzene rings is 2.